The summed E-state index contributed by atoms with van der Waals surface area (Å²) < 4.78 is 7.98. The van der Waals surface area contributed by atoms with Gasteiger partial charge < -0.3 is 10.1 Å². The highest BCUT2D eigenvalue weighted by Crippen LogP contribution is 2.25. The maximum absolute atomic E-state index is 6.13. The predicted molar refractivity (Wildman–Crippen MR) is 104 cm³/mol. The number of aromatic nitrogens is 4. The summed E-state index contributed by atoms with van der Waals surface area (Å²) in [6, 6.07) is 8.02. The second kappa shape index (κ2) is 8.31. The fraction of sp³-hybridized carbons (Fsp3) is 0.381. The van der Waals surface area contributed by atoms with Gasteiger partial charge in [-0.25, -0.2) is 4.98 Å². The van der Waals surface area contributed by atoms with E-state index in [0.717, 1.165) is 47.7 Å². The van der Waals surface area contributed by atoms with Gasteiger partial charge in [0.25, 0.3) is 0 Å². The van der Waals surface area contributed by atoms with Crippen molar-refractivity contribution in [2.45, 2.75) is 44.9 Å². The molecule has 0 aliphatic heterocycles. The second-order valence-electron chi connectivity index (χ2n) is 7.01. The van der Waals surface area contributed by atoms with Gasteiger partial charge in [-0.3, -0.25) is 9.67 Å². The van der Waals surface area contributed by atoms with Crippen LogP contribution in [0.4, 0.5) is 0 Å². The monoisotopic (exact) mass is 363 g/mol. The normalized spacial score (nSPS) is 14.6. The van der Waals surface area contributed by atoms with E-state index in [1.165, 1.54) is 12.8 Å². The summed E-state index contributed by atoms with van der Waals surface area (Å²) in [5.41, 5.74) is 4.32. The van der Waals surface area contributed by atoms with Gasteiger partial charge in [0.2, 0.25) is 5.88 Å². The zero-order chi connectivity index (χ0) is 18.5. The molecule has 0 aromatic carbocycles. The fourth-order valence-electron chi connectivity index (χ4n) is 3.58. The Morgan fingerprint density at radius 3 is 2.67 bits per heavy atom. The lowest BCUT2D eigenvalue weighted by Crippen LogP contribution is -2.17. The molecule has 1 fully saturated rings. The van der Waals surface area contributed by atoms with Crippen molar-refractivity contribution in [1.29, 1.82) is 0 Å². The summed E-state index contributed by atoms with van der Waals surface area (Å²) in [5, 5.41) is 8.12. The van der Waals surface area contributed by atoms with Crippen molar-refractivity contribution in [1.82, 2.24) is 25.1 Å². The molecule has 0 unspecified atom stereocenters. The van der Waals surface area contributed by atoms with Gasteiger partial charge >= 0.3 is 0 Å². The number of ether oxygens (including phenoxy) is 1. The van der Waals surface area contributed by atoms with Gasteiger partial charge in [0.15, 0.2) is 0 Å². The third-order valence-corrected chi connectivity index (χ3v) is 4.92. The molecule has 1 aliphatic carbocycles. The lowest BCUT2D eigenvalue weighted by Gasteiger charge is -2.15. The Labute approximate surface area is 159 Å². The first-order valence-electron chi connectivity index (χ1n) is 9.54. The van der Waals surface area contributed by atoms with Gasteiger partial charge in [0.1, 0.15) is 6.10 Å². The first kappa shape index (κ1) is 17.7. The van der Waals surface area contributed by atoms with Crippen molar-refractivity contribution in [2.24, 2.45) is 7.05 Å². The van der Waals surface area contributed by atoms with E-state index in [1.807, 2.05) is 29.9 Å². The minimum Gasteiger partial charge on any atom is -0.474 e. The topological polar surface area (TPSA) is 64.9 Å². The Bertz CT molecular complexity index is 871. The number of hydrogen-bond donors (Lipinski definition) is 1. The third-order valence-electron chi connectivity index (χ3n) is 4.92. The largest absolute Gasteiger partial charge is 0.474 e. The van der Waals surface area contributed by atoms with Gasteiger partial charge in [-0.05, 0) is 43.9 Å². The Morgan fingerprint density at radius 1 is 1.07 bits per heavy atom. The smallest absolute Gasteiger partial charge is 0.218 e. The van der Waals surface area contributed by atoms with Gasteiger partial charge in [-0.1, -0.05) is 6.07 Å². The van der Waals surface area contributed by atoms with E-state index in [2.05, 4.69) is 32.6 Å². The first-order valence-corrected chi connectivity index (χ1v) is 9.54. The van der Waals surface area contributed by atoms with E-state index in [9.17, 15) is 0 Å². The fourth-order valence-corrected chi connectivity index (χ4v) is 3.58. The summed E-state index contributed by atoms with van der Waals surface area (Å²) in [5.74, 6) is 0.762. The molecule has 0 saturated heterocycles. The van der Waals surface area contributed by atoms with Crippen LogP contribution in [-0.2, 0) is 20.1 Å². The summed E-state index contributed by atoms with van der Waals surface area (Å²) >= 11 is 0. The van der Waals surface area contributed by atoms with Crippen LogP contribution < -0.4 is 10.1 Å². The van der Waals surface area contributed by atoms with Crippen molar-refractivity contribution in [3.63, 3.8) is 0 Å². The van der Waals surface area contributed by atoms with Gasteiger partial charge in [-0.2, -0.15) is 5.10 Å². The SMILES string of the molecule is Cn1cc(CNCc2cccnc2OC2CCCC2)c(-c2ccncc2)n1. The lowest BCUT2D eigenvalue weighted by atomic mass is 10.1. The van der Waals surface area contributed by atoms with Crippen molar-refractivity contribution in [3.8, 4) is 17.1 Å². The summed E-state index contributed by atoms with van der Waals surface area (Å²) in [7, 11) is 1.95. The maximum atomic E-state index is 6.13. The van der Waals surface area contributed by atoms with Crippen LogP contribution in [0.25, 0.3) is 11.3 Å². The number of nitrogens with one attached hydrogen (secondary N) is 1. The molecule has 4 rings (SSSR count). The van der Waals surface area contributed by atoms with Crippen molar-refractivity contribution < 1.29 is 4.74 Å². The van der Waals surface area contributed by atoms with E-state index in [1.54, 1.807) is 18.6 Å². The first-order chi connectivity index (χ1) is 13.3. The molecule has 3 aromatic heterocycles. The molecule has 0 amide bonds. The molecule has 6 nitrogen and oxygen atoms in total. The molecular formula is C21H25N5O. The molecule has 3 aromatic rings. The third kappa shape index (κ3) is 4.34. The standard InChI is InChI=1S/C21H25N5O/c1-26-15-18(20(25-26)16-8-11-22-12-9-16)14-23-13-17-5-4-10-24-21(17)27-19-6-2-3-7-19/h4-5,8-12,15,19,23H,2-3,6-7,13-14H2,1H3. The molecule has 0 bridgehead atoms. The van der Waals surface area contributed by atoms with Gasteiger partial charge in [-0.15, -0.1) is 0 Å². The Morgan fingerprint density at radius 2 is 1.85 bits per heavy atom. The second-order valence-corrected chi connectivity index (χ2v) is 7.01. The van der Waals surface area contributed by atoms with Crippen LogP contribution in [0.5, 0.6) is 5.88 Å². The van der Waals surface area contributed by atoms with E-state index < -0.39 is 0 Å². The Balaban J connectivity index is 1.42. The van der Waals surface area contributed by atoms with Crippen LogP contribution in [-0.4, -0.2) is 25.9 Å². The predicted octanol–water partition coefficient (Wildman–Crippen LogP) is 3.49. The quantitative estimate of drug-likeness (QED) is 0.696. The number of hydrogen-bond acceptors (Lipinski definition) is 5. The van der Waals surface area contributed by atoms with Crippen LogP contribution in [0, 0.1) is 0 Å². The zero-order valence-corrected chi connectivity index (χ0v) is 15.6. The van der Waals surface area contributed by atoms with Crippen molar-refractivity contribution in [2.75, 3.05) is 0 Å². The highest BCUT2D eigenvalue weighted by atomic mass is 16.5. The average molecular weight is 363 g/mol. The molecule has 0 atom stereocenters. The molecule has 0 spiro atoms. The van der Waals surface area contributed by atoms with Crippen molar-refractivity contribution >= 4 is 0 Å². The molecule has 140 valence electrons. The van der Waals surface area contributed by atoms with Gasteiger partial charge in [0, 0.05) is 61.6 Å². The van der Waals surface area contributed by atoms with E-state index >= 15 is 0 Å². The zero-order valence-electron chi connectivity index (χ0n) is 15.6. The average Bonchev–Trinajstić information content (AvgIpc) is 3.33. The number of nitrogens with zero attached hydrogens (tertiary/aromatic N) is 4. The molecule has 0 radical (unpaired) electrons. The molecule has 3 heterocycles. The molecule has 1 aliphatic rings. The van der Waals surface area contributed by atoms with Crippen LogP contribution in [0.3, 0.4) is 0 Å². The van der Waals surface area contributed by atoms with Crippen LogP contribution in [0.1, 0.15) is 36.8 Å². The number of pyridine rings is 2. The highest BCUT2D eigenvalue weighted by Gasteiger charge is 2.18. The Kier molecular flexibility index (Phi) is 5.44. The minimum absolute atomic E-state index is 0.315. The number of aryl methyl sites for hydroxylation is 1. The molecule has 27 heavy (non-hydrogen) atoms. The summed E-state index contributed by atoms with van der Waals surface area (Å²) in [4.78, 5) is 8.54. The number of rotatable bonds is 7. The van der Waals surface area contributed by atoms with Crippen molar-refractivity contribution in [3.05, 3.63) is 60.2 Å². The molecule has 1 saturated carbocycles. The minimum atomic E-state index is 0.315. The molecule has 1 N–H and O–H groups in total. The highest BCUT2D eigenvalue weighted by molar-refractivity contribution is 5.61. The van der Waals surface area contributed by atoms with E-state index in [4.69, 9.17) is 4.74 Å². The van der Waals surface area contributed by atoms with Crippen LogP contribution >= 0.6 is 0 Å². The van der Waals surface area contributed by atoms with Crippen LogP contribution in [0.15, 0.2) is 49.1 Å². The molecule has 6 heteroatoms. The lowest BCUT2D eigenvalue weighted by molar-refractivity contribution is 0.199. The molecular weight excluding hydrogens is 338 g/mol. The van der Waals surface area contributed by atoms with E-state index in [0.29, 0.717) is 12.6 Å². The maximum Gasteiger partial charge on any atom is 0.218 e. The summed E-state index contributed by atoms with van der Waals surface area (Å²) in [6.45, 7) is 1.43. The van der Waals surface area contributed by atoms with E-state index in [-0.39, 0.29) is 0 Å². The Hall–Kier alpha value is -2.73. The van der Waals surface area contributed by atoms with Crippen LogP contribution in [0.2, 0.25) is 0 Å². The summed E-state index contributed by atoms with van der Waals surface area (Å²) in [6.07, 6.45) is 12.5. The van der Waals surface area contributed by atoms with Gasteiger partial charge in [0.05, 0.1) is 5.69 Å².